The molecule has 2 N–H and O–H groups in total. The van der Waals surface area contributed by atoms with Crippen LogP contribution in [0.25, 0.3) is 0 Å². The summed E-state index contributed by atoms with van der Waals surface area (Å²) in [6, 6.07) is 4.02. The zero-order valence-electron chi connectivity index (χ0n) is 13.8. The topological polar surface area (TPSA) is 55.6 Å². The molecule has 1 heterocycles. The number of rotatable bonds is 3. The molecule has 0 radical (unpaired) electrons. The van der Waals surface area contributed by atoms with Gasteiger partial charge >= 0.3 is 6.09 Å². The molecule has 1 fully saturated rings. The highest BCUT2D eigenvalue weighted by Gasteiger charge is 2.37. The summed E-state index contributed by atoms with van der Waals surface area (Å²) in [5.74, 6) is -0.383. The number of carbonyl (C=O) groups is 1. The maximum atomic E-state index is 13.8. The first kappa shape index (κ1) is 17.5. The number of aryl methyl sites for hydroxylation is 1. The number of nitrogens with two attached hydrogens (primary N) is 1. The quantitative estimate of drug-likeness (QED) is 0.862. The second-order valence-electron chi connectivity index (χ2n) is 7.00. The molecule has 0 aliphatic carbocycles. The molecule has 0 saturated carbocycles. The smallest absolute Gasteiger partial charge is 0.410 e. The van der Waals surface area contributed by atoms with Gasteiger partial charge in [0, 0.05) is 18.2 Å². The largest absolute Gasteiger partial charge is 0.444 e. The molecule has 1 aliphatic heterocycles. The fourth-order valence-electron chi connectivity index (χ4n) is 2.79. The summed E-state index contributed by atoms with van der Waals surface area (Å²) in [6.45, 7) is 5.39. The van der Waals surface area contributed by atoms with Gasteiger partial charge in [0.15, 0.2) is 0 Å². The van der Waals surface area contributed by atoms with Crippen molar-refractivity contribution in [1.29, 1.82) is 0 Å². The predicted molar refractivity (Wildman–Crippen MR) is 85.4 cm³/mol. The second kappa shape index (κ2) is 6.72. The lowest BCUT2D eigenvalue weighted by molar-refractivity contribution is 0.0213. The molecule has 4 nitrogen and oxygen atoms in total. The van der Waals surface area contributed by atoms with Crippen LogP contribution in [0.2, 0.25) is 0 Å². The number of hydrogen-bond donors (Lipinski definition) is 1. The number of halogens is 2. The molecule has 0 spiro atoms. The van der Waals surface area contributed by atoms with Crippen molar-refractivity contribution in [3.63, 3.8) is 0 Å². The van der Waals surface area contributed by atoms with E-state index in [9.17, 15) is 13.6 Å². The van der Waals surface area contributed by atoms with E-state index in [1.54, 1.807) is 26.8 Å². The molecule has 23 heavy (non-hydrogen) atoms. The Morgan fingerprint density at radius 3 is 2.74 bits per heavy atom. The number of carbonyl (C=O) groups excluding carboxylic acids is 1. The highest BCUT2D eigenvalue weighted by molar-refractivity contribution is 5.69. The van der Waals surface area contributed by atoms with Crippen LogP contribution in [0.4, 0.5) is 19.3 Å². The third-order valence-electron chi connectivity index (χ3n) is 3.85. The van der Waals surface area contributed by atoms with Crippen LogP contribution in [0.3, 0.4) is 0 Å². The Morgan fingerprint density at radius 2 is 2.13 bits per heavy atom. The maximum absolute atomic E-state index is 13.8. The first-order chi connectivity index (χ1) is 10.7. The Balaban J connectivity index is 2.00. The van der Waals surface area contributed by atoms with Gasteiger partial charge in [-0.3, -0.25) is 0 Å². The minimum Gasteiger partial charge on any atom is -0.444 e. The summed E-state index contributed by atoms with van der Waals surface area (Å²) in [5, 5.41) is 0. The molecule has 0 unspecified atom stereocenters. The Hall–Kier alpha value is -1.85. The van der Waals surface area contributed by atoms with E-state index in [1.165, 1.54) is 17.0 Å². The Morgan fingerprint density at radius 1 is 1.43 bits per heavy atom. The van der Waals surface area contributed by atoms with Gasteiger partial charge < -0.3 is 15.4 Å². The number of anilines is 1. The van der Waals surface area contributed by atoms with E-state index in [0.29, 0.717) is 24.9 Å². The Labute approximate surface area is 135 Å². The molecule has 6 heteroatoms. The summed E-state index contributed by atoms with van der Waals surface area (Å²) in [5.41, 5.74) is 6.36. The van der Waals surface area contributed by atoms with Gasteiger partial charge in [-0.25, -0.2) is 13.6 Å². The van der Waals surface area contributed by atoms with E-state index in [0.717, 1.165) is 5.56 Å². The van der Waals surface area contributed by atoms with E-state index in [1.807, 2.05) is 0 Å². The molecular weight excluding hydrogens is 302 g/mol. The number of alkyl halides is 1. The molecule has 1 aliphatic rings. The summed E-state index contributed by atoms with van der Waals surface area (Å²) < 4.78 is 32.2. The van der Waals surface area contributed by atoms with Crippen LogP contribution in [0.5, 0.6) is 0 Å². The number of nitrogens with zero attached hydrogens (tertiary/aromatic N) is 1. The van der Waals surface area contributed by atoms with E-state index in [4.69, 9.17) is 10.5 Å². The van der Waals surface area contributed by atoms with E-state index in [-0.39, 0.29) is 18.4 Å². The van der Waals surface area contributed by atoms with Crippen LogP contribution < -0.4 is 5.73 Å². The van der Waals surface area contributed by atoms with Crippen molar-refractivity contribution in [1.82, 2.24) is 4.90 Å². The number of nitrogen functional groups attached to an aromatic ring is 1. The molecule has 1 aromatic carbocycles. The van der Waals surface area contributed by atoms with Crippen LogP contribution in [0, 0.1) is 5.82 Å². The molecule has 1 amide bonds. The van der Waals surface area contributed by atoms with E-state index in [2.05, 4.69) is 0 Å². The number of ether oxygens (including phenoxy) is 1. The van der Waals surface area contributed by atoms with Crippen LogP contribution in [-0.2, 0) is 11.2 Å². The monoisotopic (exact) mass is 326 g/mol. The zero-order chi connectivity index (χ0) is 17.2. The molecule has 1 saturated heterocycles. The highest BCUT2D eigenvalue weighted by atomic mass is 19.1. The van der Waals surface area contributed by atoms with Crippen molar-refractivity contribution < 1.29 is 18.3 Å². The molecule has 0 bridgehead atoms. The SMILES string of the molecule is CC(C)(C)OC(=O)N1C[C@@H](F)C[C@H]1CCc1ccc(F)cc1N. The summed E-state index contributed by atoms with van der Waals surface area (Å²) in [4.78, 5) is 13.7. The number of amides is 1. The lowest BCUT2D eigenvalue weighted by atomic mass is 10.0. The van der Waals surface area contributed by atoms with E-state index >= 15 is 0 Å². The number of hydrogen-bond acceptors (Lipinski definition) is 3. The summed E-state index contributed by atoms with van der Waals surface area (Å²) in [6.07, 6.45) is -0.119. The minimum absolute atomic E-state index is 0.0540. The van der Waals surface area contributed by atoms with Gasteiger partial charge in [-0.15, -0.1) is 0 Å². The van der Waals surface area contributed by atoms with Crippen molar-refractivity contribution in [2.45, 2.75) is 57.8 Å². The van der Waals surface area contributed by atoms with Crippen LogP contribution >= 0.6 is 0 Å². The Kier molecular flexibility index (Phi) is 5.12. The van der Waals surface area contributed by atoms with Crippen molar-refractivity contribution in [3.8, 4) is 0 Å². The van der Waals surface area contributed by atoms with Crippen molar-refractivity contribution >= 4 is 11.8 Å². The zero-order valence-corrected chi connectivity index (χ0v) is 13.8. The summed E-state index contributed by atoms with van der Waals surface area (Å²) in [7, 11) is 0. The van der Waals surface area contributed by atoms with Crippen molar-refractivity contribution in [3.05, 3.63) is 29.6 Å². The second-order valence-corrected chi connectivity index (χ2v) is 7.00. The van der Waals surface area contributed by atoms with Gasteiger partial charge in [-0.2, -0.15) is 0 Å². The highest BCUT2D eigenvalue weighted by Crippen LogP contribution is 2.27. The summed E-state index contributed by atoms with van der Waals surface area (Å²) >= 11 is 0. The van der Waals surface area contributed by atoms with Crippen LogP contribution in [0.1, 0.15) is 39.2 Å². The van der Waals surface area contributed by atoms with Gasteiger partial charge in [0.25, 0.3) is 0 Å². The lowest BCUT2D eigenvalue weighted by Crippen LogP contribution is -2.40. The average molecular weight is 326 g/mol. The van der Waals surface area contributed by atoms with Crippen LogP contribution in [-0.4, -0.2) is 35.4 Å². The molecule has 0 aromatic heterocycles. The predicted octanol–water partition coefficient (Wildman–Crippen LogP) is 3.69. The van der Waals surface area contributed by atoms with Gasteiger partial charge in [0.2, 0.25) is 0 Å². The molecule has 2 atom stereocenters. The molecule has 2 rings (SSSR count). The standard InChI is InChI=1S/C17H24F2N2O2/c1-17(2,3)23-16(22)21-10-13(19)8-14(21)7-5-11-4-6-12(18)9-15(11)20/h4,6,9,13-14H,5,7-8,10,20H2,1-3H3/t13-,14+/m0/s1. The van der Waals surface area contributed by atoms with Gasteiger partial charge in [-0.05, 0) is 51.3 Å². The molecule has 128 valence electrons. The normalized spacial score (nSPS) is 21.5. The van der Waals surface area contributed by atoms with Crippen molar-refractivity contribution in [2.75, 3.05) is 12.3 Å². The lowest BCUT2D eigenvalue weighted by Gasteiger charge is -2.28. The van der Waals surface area contributed by atoms with Gasteiger partial charge in [0.05, 0.1) is 6.54 Å². The first-order valence-corrected chi connectivity index (χ1v) is 7.83. The van der Waals surface area contributed by atoms with Crippen LogP contribution in [0.15, 0.2) is 18.2 Å². The average Bonchev–Trinajstić information content (AvgIpc) is 2.77. The van der Waals surface area contributed by atoms with Gasteiger partial charge in [0.1, 0.15) is 17.6 Å². The molecule has 1 aromatic rings. The first-order valence-electron chi connectivity index (χ1n) is 7.83. The maximum Gasteiger partial charge on any atom is 0.410 e. The van der Waals surface area contributed by atoms with Crippen molar-refractivity contribution in [2.24, 2.45) is 0 Å². The Bertz CT molecular complexity index is 572. The fraction of sp³-hybridized carbons (Fsp3) is 0.588. The number of benzene rings is 1. The fourth-order valence-corrected chi connectivity index (χ4v) is 2.79. The minimum atomic E-state index is -1.04. The third kappa shape index (κ3) is 4.81. The third-order valence-corrected chi connectivity index (χ3v) is 3.85. The number of likely N-dealkylation sites (tertiary alicyclic amines) is 1. The van der Waals surface area contributed by atoms with Gasteiger partial charge in [-0.1, -0.05) is 6.07 Å². The molecular formula is C17H24F2N2O2. The van der Waals surface area contributed by atoms with E-state index < -0.39 is 17.9 Å².